The van der Waals surface area contributed by atoms with Crippen molar-refractivity contribution in [1.29, 1.82) is 5.26 Å². The molecule has 2 heterocycles. The Morgan fingerprint density at radius 2 is 2.19 bits per heavy atom. The Bertz CT molecular complexity index is 900. The second kappa shape index (κ2) is 6.98. The number of thiophene rings is 1. The lowest BCUT2D eigenvalue weighted by atomic mass is 10.1. The number of likely N-dealkylation sites (N-methyl/N-ethyl adjacent to an activating group) is 1. The first kappa shape index (κ1) is 16.9. The number of carbonyl (C=O) groups is 1. The topological polar surface area (TPSA) is 75.8 Å². The van der Waals surface area contributed by atoms with Crippen LogP contribution in [0.5, 0.6) is 11.5 Å². The van der Waals surface area contributed by atoms with Gasteiger partial charge >= 0.3 is 0 Å². The number of benzene rings is 1. The maximum atomic E-state index is 12.4. The van der Waals surface area contributed by atoms with Crippen LogP contribution in [0.1, 0.15) is 28.0 Å². The molecule has 26 heavy (non-hydrogen) atoms. The maximum Gasteiger partial charge on any atom is 0.280 e. The summed E-state index contributed by atoms with van der Waals surface area (Å²) in [6, 6.07) is 8.11. The normalized spacial score (nSPS) is 15.4. The van der Waals surface area contributed by atoms with Crippen molar-refractivity contribution in [2.24, 2.45) is 0 Å². The van der Waals surface area contributed by atoms with Gasteiger partial charge in [-0.3, -0.25) is 4.79 Å². The molecule has 0 spiro atoms. The van der Waals surface area contributed by atoms with Crippen LogP contribution in [0.2, 0.25) is 0 Å². The van der Waals surface area contributed by atoms with Crippen LogP contribution >= 0.6 is 11.3 Å². The number of aryl methyl sites for hydroxylation is 1. The minimum atomic E-state index is -0.0698. The average Bonchev–Trinajstić information content (AvgIpc) is 3.29. The summed E-state index contributed by atoms with van der Waals surface area (Å²) in [5.74, 6) is 1.45. The zero-order valence-electron chi connectivity index (χ0n) is 14.6. The van der Waals surface area contributed by atoms with Gasteiger partial charge in [0, 0.05) is 10.4 Å². The van der Waals surface area contributed by atoms with E-state index in [9.17, 15) is 10.1 Å². The standard InChI is InChI=1S/C19H19N3O3S/c1-22(9-12-5-6-15-16(7-12)25-11-24-15)10-18(23)21-19-14(8-20)13-3-2-4-17(13)26-19/h5-7H,2-4,9-11H2,1H3,(H,21,23)/p+1. The summed E-state index contributed by atoms with van der Waals surface area (Å²) in [6.07, 6.45) is 3.06. The number of nitrogens with one attached hydrogen (secondary N) is 2. The van der Waals surface area contributed by atoms with E-state index in [4.69, 9.17) is 9.47 Å². The van der Waals surface area contributed by atoms with Crippen molar-refractivity contribution in [3.05, 3.63) is 39.8 Å². The Labute approximate surface area is 155 Å². The fourth-order valence-corrected chi connectivity index (χ4v) is 4.77. The van der Waals surface area contributed by atoms with E-state index in [1.165, 1.54) is 4.88 Å². The third-order valence-corrected chi connectivity index (χ3v) is 5.90. The minimum Gasteiger partial charge on any atom is -0.454 e. The predicted octanol–water partition coefficient (Wildman–Crippen LogP) is 1.49. The fraction of sp³-hybridized carbons (Fsp3) is 0.368. The van der Waals surface area contributed by atoms with Crippen LogP contribution in [0.25, 0.3) is 0 Å². The van der Waals surface area contributed by atoms with Gasteiger partial charge in [0.15, 0.2) is 18.0 Å². The molecule has 0 bridgehead atoms. The third kappa shape index (κ3) is 3.26. The van der Waals surface area contributed by atoms with Gasteiger partial charge in [0.1, 0.15) is 17.6 Å². The van der Waals surface area contributed by atoms with Gasteiger partial charge in [0.05, 0.1) is 12.6 Å². The van der Waals surface area contributed by atoms with E-state index >= 15 is 0 Å². The quantitative estimate of drug-likeness (QED) is 0.836. The van der Waals surface area contributed by atoms with Gasteiger partial charge in [0.25, 0.3) is 5.91 Å². The van der Waals surface area contributed by atoms with Crippen LogP contribution in [-0.4, -0.2) is 26.3 Å². The summed E-state index contributed by atoms with van der Waals surface area (Å²) in [5, 5.41) is 13.1. The molecule has 6 nitrogen and oxygen atoms in total. The van der Waals surface area contributed by atoms with Gasteiger partial charge in [-0.1, -0.05) is 0 Å². The van der Waals surface area contributed by atoms with Gasteiger partial charge in [-0.2, -0.15) is 5.26 Å². The number of carbonyl (C=O) groups excluding carboxylic acids is 1. The summed E-state index contributed by atoms with van der Waals surface area (Å²) in [7, 11) is 1.98. The molecule has 1 aromatic carbocycles. The van der Waals surface area contributed by atoms with Gasteiger partial charge in [-0.25, -0.2) is 0 Å². The Kier molecular flexibility index (Phi) is 4.53. The summed E-state index contributed by atoms with van der Waals surface area (Å²) in [6.45, 7) is 1.30. The molecule has 0 saturated heterocycles. The van der Waals surface area contributed by atoms with Gasteiger partial charge < -0.3 is 19.7 Å². The van der Waals surface area contributed by atoms with Gasteiger partial charge in [-0.05, 0) is 43.0 Å². The summed E-state index contributed by atoms with van der Waals surface area (Å²) < 4.78 is 10.7. The van der Waals surface area contributed by atoms with E-state index in [0.29, 0.717) is 23.7 Å². The highest BCUT2D eigenvalue weighted by Crippen LogP contribution is 2.38. The number of hydrogen-bond donors (Lipinski definition) is 2. The van der Waals surface area contributed by atoms with E-state index < -0.39 is 0 Å². The van der Waals surface area contributed by atoms with Crippen molar-refractivity contribution in [1.82, 2.24) is 0 Å². The lowest BCUT2D eigenvalue weighted by molar-refractivity contribution is -0.885. The number of hydrogen-bond acceptors (Lipinski definition) is 5. The predicted molar refractivity (Wildman–Crippen MR) is 97.7 cm³/mol. The molecule has 1 aliphatic heterocycles. The molecule has 2 N–H and O–H groups in total. The van der Waals surface area contributed by atoms with Gasteiger partial charge in [-0.15, -0.1) is 11.3 Å². The van der Waals surface area contributed by atoms with Crippen molar-refractivity contribution in [2.75, 3.05) is 25.7 Å². The molecular weight excluding hydrogens is 350 g/mol. The number of rotatable bonds is 5. The molecule has 134 valence electrons. The number of amides is 1. The molecule has 1 aromatic heterocycles. The Morgan fingerprint density at radius 1 is 1.35 bits per heavy atom. The highest BCUT2D eigenvalue weighted by molar-refractivity contribution is 7.16. The lowest BCUT2D eigenvalue weighted by Crippen LogP contribution is -3.08. The molecule has 2 aliphatic rings. The van der Waals surface area contributed by atoms with Crippen LogP contribution in [0.3, 0.4) is 0 Å². The second-order valence-corrected chi connectivity index (χ2v) is 7.82. The smallest absolute Gasteiger partial charge is 0.280 e. The molecule has 1 unspecified atom stereocenters. The first-order chi connectivity index (χ1) is 12.6. The SMILES string of the molecule is C[NH+](CC(=O)Nc1sc2c(c1C#N)CCC2)Cc1ccc2c(c1)OCO2. The third-order valence-electron chi connectivity index (χ3n) is 4.69. The van der Waals surface area contributed by atoms with Crippen LogP contribution in [0.15, 0.2) is 18.2 Å². The first-order valence-electron chi connectivity index (χ1n) is 8.68. The molecule has 4 rings (SSSR count). The molecule has 1 amide bonds. The first-order valence-corrected chi connectivity index (χ1v) is 9.50. The van der Waals surface area contributed by atoms with E-state index in [0.717, 1.165) is 46.8 Å². The molecule has 7 heteroatoms. The zero-order valence-corrected chi connectivity index (χ0v) is 15.4. The van der Waals surface area contributed by atoms with Crippen LogP contribution in [0.4, 0.5) is 5.00 Å². The number of nitriles is 1. The molecular formula is C19H20N3O3S+. The Hall–Kier alpha value is -2.56. The van der Waals surface area contributed by atoms with E-state index in [1.54, 1.807) is 11.3 Å². The highest BCUT2D eigenvalue weighted by Gasteiger charge is 2.24. The largest absolute Gasteiger partial charge is 0.454 e. The van der Waals surface area contributed by atoms with Crippen LogP contribution in [-0.2, 0) is 24.2 Å². The maximum absolute atomic E-state index is 12.4. The minimum absolute atomic E-state index is 0.0698. The van der Waals surface area contributed by atoms with E-state index in [-0.39, 0.29) is 12.7 Å². The van der Waals surface area contributed by atoms with Gasteiger partial charge in [0.2, 0.25) is 6.79 Å². The highest BCUT2D eigenvalue weighted by atomic mass is 32.1. The van der Waals surface area contributed by atoms with E-state index in [2.05, 4.69) is 11.4 Å². The fourth-order valence-electron chi connectivity index (χ4n) is 3.52. The molecule has 1 atom stereocenters. The van der Waals surface area contributed by atoms with E-state index in [1.807, 2.05) is 25.2 Å². The summed E-state index contributed by atoms with van der Waals surface area (Å²) in [5.41, 5.74) is 2.88. The second-order valence-electron chi connectivity index (χ2n) is 6.72. The van der Waals surface area contributed by atoms with Crippen LogP contribution < -0.4 is 19.7 Å². The summed E-state index contributed by atoms with van der Waals surface area (Å²) >= 11 is 1.55. The molecule has 2 aromatic rings. The number of quaternary nitrogens is 1. The lowest BCUT2D eigenvalue weighted by Gasteiger charge is -2.14. The average molecular weight is 370 g/mol. The van der Waals surface area contributed by atoms with Crippen molar-refractivity contribution in [3.63, 3.8) is 0 Å². The number of anilines is 1. The Balaban J connectivity index is 1.37. The number of nitrogens with zero attached hydrogens (tertiary/aromatic N) is 1. The monoisotopic (exact) mass is 370 g/mol. The molecule has 1 aliphatic carbocycles. The Morgan fingerprint density at radius 3 is 3.04 bits per heavy atom. The number of fused-ring (bicyclic) bond motifs is 2. The molecule has 0 radical (unpaired) electrons. The van der Waals surface area contributed by atoms with Crippen LogP contribution in [0, 0.1) is 11.3 Å². The van der Waals surface area contributed by atoms with Crippen molar-refractivity contribution in [2.45, 2.75) is 25.8 Å². The zero-order chi connectivity index (χ0) is 18.1. The number of ether oxygens (including phenoxy) is 2. The molecule has 0 fully saturated rings. The van der Waals surface area contributed by atoms with Crippen molar-refractivity contribution < 1.29 is 19.2 Å². The molecule has 0 saturated carbocycles. The summed E-state index contributed by atoms with van der Waals surface area (Å²) in [4.78, 5) is 14.7. The van der Waals surface area contributed by atoms with Crippen molar-refractivity contribution >= 4 is 22.2 Å². The van der Waals surface area contributed by atoms with Crippen molar-refractivity contribution in [3.8, 4) is 17.6 Å².